The van der Waals surface area contributed by atoms with E-state index in [1.54, 1.807) is 7.11 Å². The van der Waals surface area contributed by atoms with Crippen LogP contribution in [-0.2, 0) is 6.54 Å². The number of halogens is 1. The van der Waals surface area contributed by atoms with Gasteiger partial charge in [-0.2, -0.15) is 0 Å². The molecule has 0 saturated carbocycles. The highest BCUT2D eigenvalue weighted by Crippen LogP contribution is 2.27. The second-order valence-corrected chi connectivity index (χ2v) is 7.32. The van der Waals surface area contributed by atoms with Crippen molar-refractivity contribution in [2.45, 2.75) is 19.9 Å². The van der Waals surface area contributed by atoms with Gasteiger partial charge >= 0.3 is 0 Å². The van der Waals surface area contributed by atoms with Crippen LogP contribution in [0.15, 0.2) is 66.7 Å². The molecule has 0 aliphatic rings. The topological polar surface area (TPSA) is 36.3 Å². The summed E-state index contributed by atoms with van der Waals surface area (Å²) in [6, 6.07) is 22.0. The van der Waals surface area contributed by atoms with Gasteiger partial charge in [-0.05, 0) is 73.5 Å². The largest absolute Gasteiger partial charge is 0.497 e. The lowest BCUT2D eigenvalue weighted by Gasteiger charge is -2.11. The molecule has 0 aliphatic carbocycles. The number of hydrogen-bond acceptors (Lipinski definition) is 3. The average Bonchev–Trinajstić information content (AvgIpc) is 3.12. The van der Waals surface area contributed by atoms with Crippen molar-refractivity contribution in [1.82, 2.24) is 9.55 Å². The molecule has 0 fully saturated rings. The van der Waals surface area contributed by atoms with Crippen LogP contribution in [0, 0.1) is 6.92 Å². The molecule has 0 aliphatic heterocycles. The molecule has 0 amide bonds. The van der Waals surface area contributed by atoms with Crippen LogP contribution in [0.2, 0.25) is 5.02 Å². The summed E-state index contributed by atoms with van der Waals surface area (Å²) in [4.78, 5) is 4.86. The van der Waals surface area contributed by atoms with Gasteiger partial charge in [-0.25, -0.2) is 4.98 Å². The first-order valence-electron chi connectivity index (χ1n) is 9.64. The summed E-state index contributed by atoms with van der Waals surface area (Å²) in [7, 11) is 1.67. The van der Waals surface area contributed by atoms with E-state index < -0.39 is 0 Å². The van der Waals surface area contributed by atoms with Crippen molar-refractivity contribution in [2.24, 2.45) is 0 Å². The Morgan fingerprint density at radius 1 is 0.966 bits per heavy atom. The maximum atomic E-state index is 6.09. The summed E-state index contributed by atoms with van der Waals surface area (Å²) in [6.07, 6.45) is 0.866. The Morgan fingerprint density at radius 3 is 2.48 bits per heavy atom. The summed E-state index contributed by atoms with van der Waals surface area (Å²) >= 11 is 6.09. The highest BCUT2D eigenvalue weighted by molar-refractivity contribution is 6.31. The van der Waals surface area contributed by atoms with E-state index in [4.69, 9.17) is 26.1 Å². The molecule has 5 heteroatoms. The van der Waals surface area contributed by atoms with E-state index in [1.165, 1.54) is 0 Å². The van der Waals surface area contributed by atoms with E-state index in [1.807, 2.05) is 67.6 Å². The van der Waals surface area contributed by atoms with Crippen molar-refractivity contribution in [3.05, 3.63) is 77.3 Å². The summed E-state index contributed by atoms with van der Waals surface area (Å²) in [5.41, 5.74) is 4.20. The lowest BCUT2D eigenvalue weighted by molar-refractivity contribution is 0.302. The first-order valence-corrected chi connectivity index (χ1v) is 10.0. The zero-order valence-electron chi connectivity index (χ0n) is 16.6. The van der Waals surface area contributed by atoms with Crippen molar-refractivity contribution >= 4 is 22.6 Å². The van der Waals surface area contributed by atoms with E-state index in [9.17, 15) is 0 Å². The molecule has 1 aromatic heterocycles. The quantitative estimate of drug-likeness (QED) is 0.346. The molecule has 0 bridgehead atoms. The van der Waals surface area contributed by atoms with Crippen LogP contribution in [0.3, 0.4) is 0 Å². The molecule has 0 saturated heterocycles. The van der Waals surface area contributed by atoms with Crippen molar-refractivity contribution in [3.63, 3.8) is 0 Å². The molecule has 148 valence electrons. The number of para-hydroxylation sites is 2. The molecular formula is C24H23ClN2O2. The van der Waals surface area contributed by atoms with Crippen LogP contribution in [0.4, 0.5) is 0 Å². The summed E-state index contributed by atoms with van der Waals surface area (Å²) < 4.78 is 13.5. The van der Waals surface area contributed by atoms with Gasteiger partial charge < -0.3 is 14.0 Å². The van der Waals surface area contributed by atoms with Gasteiger partial charge in [0, 0.05) is 17.1 Å². The Labute approximate surface area is 175 Å². The van der Waals surface area contributed by atoms with Crippen LogP contribution in [-0.4, -0.2) is 23.3 Å². The summed E-state index contributed by atoms with van der Waals surface area (Å²) in [5.74, 6) is 2.64. The van der Waals surface area contributed by atoms with Crippen molar-refractivity contribution in [3.8, 4) is 22.9 Å². The number of nitrogens with zero attached hydrogens (tertiary/aromatic N) is 2. The molecule has 29 heavy (non-hydrogen) atoms. The minimum atomic E-state index is 0.621. The SMILES string of the molecule is COc1ccc(-c2nc3ccccc3n2CCCOc2ccc(Cl)c(C)c2)cc1. The number of imidazole rings is 1. The molecule has 4 aromatic rings. The molecule has 4 rings (SSSR count). The second kappa shape index (κ2) is 8.58. The molecule has 0 atom stereocenters. The van der Waals surface area contributed by atoms with Crippen LogP contribution in [0.25, 0.3) is 22.4 Å². The molecular weight excluding hydrogens is 384 g/mol. The van der Waals surface area contributed by atoms with Crippen molar-refractivity contribution in [2.75, 3.05) is 13.7 Å². The molecule has 0 spiro atoms. The minimum absolute atomic E-state index is 0.621. The molecule has 1 heterocycles. The summed E-state index contributed by atoms with van der Waals surface area (Å²) in [6.45, 7) is 3.41. The van der Waals surface area contributed by atoms with Crippen LogP contribution < -0.4 is 9.47 Å². The molecule has 3 aromatic carbocycles. The predicted molar refractivity (Wildman–Crippen MR) is 118 cm³/mol. The lowest BCUT2D eigenvalue weighted by Crippen LogP contribution is -2.06. The van der Waals surface area contributed by atoms with Crippen molar-refractivity contribution < 1.29 is 9.47 Å². The highest BCUT2D eigenvalue weighted by atomic mass is 35.5. The Bertz CT molecular complexity index is 1120. The van der Waals surface area contributed by atoms with Gasteiger partial charge in [0.15, 0.2) is 0 Å². The van der Waals surface area contributed by atoms with Crippen molar-refractivity contribution in [1.29, 1.82) is 0 Å². The van der Waals surface area contributed by atoms with Gasteiger partial charge in [0.1, 0.15) is 17.3 Å². The third-order valence-electron chi connectivity index (χ3n) is 4.93. The van der Waals surface area contributed by atoms with E-state index in [2.05, 4.69) is 10.6 Å². The average molecular weight is 407 g/mol. The van der Waals surface area contributed by atoms with Gasteiger partial charge in [0.25, 0.3) is 0 Å². The van der Waals surface area contributed by atoms with E-state index in [-0.39, 0.29) is 0 Å². The lowest BCUT2D eigenvalue weighted by atomic mass is 10.2. The number of hydrogen-bond donors (Lipinski definition) is 0. The normalized spacial score (nSPS) is 11.0. The Hall–Kier alpha value is -2.98. The number of fused-ring (bicyclic) bond motifs is 1. The standard InChI is InChI=1S/C24H23ClN2O2/c1-17-16-20(12-13-21(17)25)29-15-5-14-27-23-7-4-3-6-22(23)26-24(27)18-8-10-19(28-2)11-9-18/h3-4,6-13,16H,5,14-15H2,1-2H3. The fraction of sp³-hybridized carbons (Fsp3) is 0.208. The third kappa shape index (κ3) is 4.22. The number of aromatic nitrogens is 2. The zero-order valence-corrected chi connectivity index (χ0v) is 17.3. The number of ether oxygens (including phenoxy) is 2. The van der Waals surface area contributed by atoms with Gasteiger partial charge in [0.05, 0.1) is 24.8 Å². The van der Waals surface area contributed by atoms with Gasteiger partial charge in [-0.15, -0.1) is 0 Å². The minimum Gasteiger partial charge on any atom is -0.497 e. The maximum absolute atomic E-state index is 6.09. The number of benzene rings is 3. The summed E-state index contributed by atoms with van der Waals surface area (Å²) in [5, 5.41) is 0.756. The number of rotatable bonds is 7. The molecule has 0 radical (unpaired) electrons. The van der Waals surface area contributed by atoms with E-state index in [0.717, 1.165) is 57.5 Å². The molecule has 0 unspecified atom stereocenters. The van der Waals surface area contributed by atoms with Gasteiger partial charge in [-0.3, -0.25) is 0 Å². The Balaban J connectivity index is 1.53. The number of aryl methyl sites for hydroxylation is 2. The number of methoxy groups -OCH3 is 1. The van der Waals surface area contributed by atoms with Gasteiger partial charge in [-0.1, -0.05) is 23.7 Å². The maximum Gasteiger partial charge on any atom is 0.141 e. The zero-order chi connectivity index (χ0) is 20.2. The monoisotopic (exact) mass is 406 g/mol. The van der Waals surface area contributed by atoms with Crippen LogP contribution >= 0.6 is 11.6 Å². The highest BCUT2D eigenvalue weighted by Gasteiger charge is 2.12. The van der Waals surface area contributed by atoms with Crippen LogP contribution in [0.1, 0.15) is 12.0 Å². The fourth-order valence-electron chi connectivity index (χ4n) is 3.38. The first-order chi connectivity index (χ1) is 14.2. The predicted octanol–water partition coefficient (Wildman–Crippen LogP) is 6.14. The van der Waals surface area contributed by atoms with Crippen LogP contribution in [0.5, 0.6) is 11.5 Å². The third-order valence-corrected chi connectivity index (χ3v) is 5.35. The fourth-order valence-corrected chi connectivity index (χ4v) is 3.50. The van der Waals surface area contributed by atoms with Gasteiger partial charge in [0.2, 0.25) is 0 Å². The van der Waals surface area contributed by atoms with E-state index in [0.29, 0.717) is 6.61 Å². The smallest absolute Gasteiger partial charge is 0.141 e. The molecule has 0 N–H and O–H groups in total. The Morgan fingerprint density at radius 2 is 1.72 bits per heavy atom. The Kier molecular flexibility index (Phi) is 5.72. The second-order valence-electron chi connectivity index (χ2n) is 6.92. The first kappa shape index (κ1) is 19.3. The molecule has 4 nitrogen and oxygen atoms in total. The van der Waals surface area contributed by atoms with E-state index >= 15 is 0 Å².